The summed E-state index contributed by atoms with van der Waals surface area (Å²) in [5.74, 6) is 2.78. The van der Waals surface area contributed by atoms with Gasteiger partial charge in [0, 0.05) is 0 Å². The molecule has 3 aliphatic rings. The molecular formula is C13H18. The molecule has 0 amide bonds. The van der Waals surface area contributed by atoms with Crippen LogP contribution in [0.3, 0.4) is 0 Å². The molecular weight excluding hydrogens is 156 g/mol. The average molecular weight is 174 g/mol. The summed E-state index contributed by atoms with van der Waals surface area (Å²) < 4.78 is 0. The van der Waals surface area contributed by atoms with Crippen LogP contribution in [0.4, 0.5) is 0 Å². The normalized spacial score (nSPS) is 42.5. The van der Waals surface area contributed by atoms with E-state index in [0.717, 1.165) is 17.8 Å². The van der Waals surface area contributed by atoms with E-state index in [9.17, 15) is 0 Å². The van der Waals surface area contributed by atoms with Gasteiger partial charge in [0.25, 0.3) is 0 Å². The largest absolute Gasteiger partial charge is 0.0879 e. The molecule has 2 bridgehead atoms. The lowest BCUT2D eigenvalue weighted by atomic mass is 9.83. The zero-order chi connectivity index (χ0) is 8.67. The molecule has 0 N–H and O–H groups in total. The van der Waals surface area contributed by atoms with Gasteiger partial charge in [0.1, 0.15) is 0 Å². The summed E-state index contributed by atoms with van der Waals surface area (Å²) in [5.41, 5.74) is 1.82. The number of fused-ring (bicyclic) bond motifs is 2. The molecule has 0 aromatic heterocycles. The highest BCUT2D eigenvalue weighted by Gasteiger charge is 2.33. The van der Waals surface area contributed by atoms with E-state index < -0.39 is 0 Å². The van der Waals surface area contributed by atoms with Gasteiger partial charge in [-0.2, -0.15) is 0 Å². The summed E-state index contributed by atoms with van der Waals surface area (Å²) in [6, 6.07) is 0. The number of allylic oxidation sites excluding steroid dienone is 4. The summed E-state index contributed by atoms with van der Waals surface area (Å²) >= 11 is 0. The zero-order valence-corrected chi connectivity index (χ0v) is 8.21. The summed E-state index contributed by atoms with van der Waals surface area (Å²) in [6.45, 7) is 0. The Balaban J connectivity index is 1.83. The minimum absolute atomic E-state index is 0.841. The highest BCUT2D eigenvalue weighted by Crippen LogP contribution is 2.46. The molecule has 0 heterocycles. The Morgan fingerprint density at radius 1 is 1.15 bits per heavy atom. The molecule has 0 aromatic carbocycles. The smallest absolute Gasteiger partial charge is 0.00175 e. The fraction of sp³-hybridized carbons (Fsp3) is 0.692. The Morgan fingerprint density at radius 2 is 2.15 bits per heavy atom. The Bertz CT molecular complexity index is 259. The van der Waals surface area contributed by atoms with Crippen LogP contribution >= 0.6 is 0 Å². The molecule has 3 rings (SSSR count). The van der Waals surface area contributed by atoms with E-state index in [1.807, 2.05) is 5.57 Å². The molecule has 0 nitrogen and oxygen atoms in total. The van der Waals surface area contributed by atoms with Crippen molar-refractivity contribution in [3.63, 3.8) is 0 Å². The fourth-order valence-electron chi connectivity index (χ4n) is 3.43. The van der Waals surface area contributed by atoms with Gasteiger partial charge in [0.15, 0.2) is 0 Å². The highest BCUT2D eigenvalue weighted by molar-refractivity contribution is 5.25. The fourth-order valence-corrected chi connectivity index (χ4v) is 3.43. The Hall–Kier alpha value is -0.520. The van der Waals surface area contributed by atoms with Crippen molar-refractivity contribution in [2.45, 2.75) is 38.5 Å². The first-order chi connectivity index (χ1) is 6.43. The van der Waals surface area contributed by atoms with Gasteiger partial charge in [-0.25, -0.2) is 0 Å². The minimum atomic E-state index is 0.841. The van der Waals surface area contributed by atoms with Crippen LogP contribution in [0.25, 0.3) is 0 Å². The second kappa shape index (κ2) is 3.01. The number of hydrogen-bond donors (Lipinski definition) is 0. The molecule has 3 aliphatic carbocycles. The molecule has 13 heavy (non-hydrogen) atoms. The van der Waals surface area contributed by atoms with Gasteiger partial charge >= 0.3 is 0 Å². The van der Waals surface area contributed by atoms with E-state index in [2.05, 4.69) is 18.2 Å². The molecule has 1 saturated carbocycles. The monoisotopic (exact) mass is 174 g/mol. The SMILES string of the molecule is C1=CC(C2=CC3CCCC2C3)CC1. The van der Waals surface area contributed by atoms with E-state index in [-0.39, 0.29) is 0 Å². The van der Waals surface area contributed by atoms with E-state index in [0.29, 0.717) is 0 Å². The Kier molecular flexibility index (Phi) is 1.81. The lowest BCUT2D eigenvalue weighted by molar-refractivity contribution is 0.365. The summed E-state index contributed by atoms with van der Waals surface area (Å²) in [5, 5.41) is 0. The van der Waals surface area contributed by atoms with Crippen molar-refractivity contribution in [1.29, 1.82) is 0 Å². The molecule has 70 valence electrons. The van der Waals surface area contributed by atoms with Crippen molar-refractivity contribution in [2.24, 2.45) is 17.8 Å². The topological polar surface area (TPSA) is 0 Å². The van der Waals surface area contributed by atoms with Gasteiger partial charge in [-0.15, -0.1) is 0 Å². The highest BCUT2D eigenvalue weighted by atomic mass is 14.4. The van der Waals surface area contributed by atoms with Crippen molar-refractivity contribution in [2.75, 3.05) is 0 Å². The van der Waals surface area contributed by atoms with Gasteiger partial charge in [0.2, 0.25) is 0 Å². The summed E-state index contributed by atoms with van der Waals surface area (Å²) in [7, 11) is 0. The second-order valence-corrected chi connectivity index (χ2v) is 4.90. The van der Waals surface area contributed by atoms with Crippen LogP contribution in [0.15, 0.2) is 23.8 Å². The molecule has 0 aromatic rings. The first-order valence-electron chi connectivity index (χ1n) is 5.82. The van der Waals surface area contributed by atoms with Gasteiger partial charge in [-0.05, 0) is 49.9 Å². The maximum atomic E-state index is 2.62. The van der Waals surface area contributed by atoms with Crippen LogP contribution in [-0.4, -0.2) is 0 Å². The summed E-state index contributed by atoms with van der Waals surface area (Å²) in [6.07, 6.45) is 16.1. The number of rotatable bonds is 1. The average Bonchev–Trinajstić information content (AvgIpc) is 2.74. The molecule has 3 unspecified atom stereocenters. The van der Waals surface area contributed by atoms with Crippen LogP contribution in [0.2, 0.25) is 0 Å². The van der Waals surface area contributed by atoms with Crippen LogP contribution < -0.4 is 0 Å². The number of hydrogen-bond acceptors (Lipinski definition) is 0. The lowest BCUT2D eigenvalue weighted by Gasteiger charge is -2.22. The van der Waals surface area contributed by atoms with Gasteiger partial charge in [-0.1, -0.05) is 30.2 Å². The third kappa shape index (κ3) is 1.27. The molecule has 1 fully saturated rings. The quantitative estimate of drug-likeness (QED) is 0.532. The Morgan fingerprint density at radius 3 is 2.92 bits per heavy atom. The zero-order valence-electron chi connectivity index (χ0n) is 8.21. The lowest BCUT2D eigenvalue weighted by Crippen LogP contribution is -2.10. The van der Waals surface area contributed by atoms with E-state index in [1.54, 1.807) is 0 Å². The van der Waals surface area contributed by atoms with Crippen LogP contribution in [-0.2, 0) is 0 Å². The molecule has 0 aliphatic heterocycles. The molecule has 0 spiro atoms. The molecule has 0 radical (unpaired) electrons. The molecule has 0 heteroatoms. The maximum Gasteiger partial charge on any atom is -0.00175 e. The third-order valence-electron chi connectivity index (χ3n) is 4.06. The Labute approximate surface area is 80.7 Å². The summed E-state index contributed by atoms with van der Waals surface area (Å²) in [4.78, 5) is 0. The predicted octanol–water partition coefficient (Wildman–Crippen LogP) is 3.70. The van der Waals surface area contributed by atoms with Crippen molar-refractivity contribution in [3.8, 4) is 0 Å². The van der Waals surface area contributed by atoms with E-state index >= 15 is 0 Å². The van der Waals surface area contributed by atoms with Crippen LogP contribution in [0, 0.1) is 17.8 Å². The van der Waals surface area contributed by atoms with Crippen molar-refractivity contribution in [3.05, 3.63) is 23.8 Å². The van der Waals surface area contributed by atoms with Crippen molar-refractivity contribution >= 4 is 0 Å². The van der Waals surface area contributed by atoms with Gasteiger partial charge in [-0.3, -0.25) is 0 Å². The van der Waals surface area contributed by atoms with Crippen LogP contribution in [0.1, 0.15) is 38.5 Å². The van der Waals surface area contributed by atoms with Crippen molar-refractivity contribution < 1.29 is 0 Å². The maximum absolute atomic E-state index is 2.62. The molecule has 0 saturated heterocycles. The van der Waals surface area contributed by atoms with E-state index in [1.165, 1.54) is 38.5 Å². The predicted molar refractivity (Wildman–Crippen MR) is 55.4 cm³/mol. The standard InChI is InChI=1S/C13H18/c1-2-6-11(5-1)13-9-10-4-3-7-12(13)8-10/h1,5,9-12H,2-4,6-8H2. The molecule has 3 atom stereocenters. The van der Waals surface area contributed by atoms with Gasteiger partial charge < -0.3 is 0 Å². The van der Waals surface area contributed by atoms with Crippen LogP contribution in [0.5, 0.6) is 0 Å². The first-order valence-corrected chi connectivity index (χ1v) is 5.82. The van der Waals surface area contributed by atoms with Gasteiger partial charge in [0.05, 0.1) is 0 Å². The van der Waals surface area contributed by atoms with Crippen molar-refractivity contribution in [1.82, 2.24) is 0 Å². The third-order valence-corrected chi connectivity index (χ3v) is 4.06. The second-order valence-electron chi connectivity index (χ2n) is 4.90. The minimum Gasteiger partial charge on any atom is -0.0879 e. The van der Waals surface area contributed by atoms with E-state index in [4.69, 9.17) is 0 Å². The first kappa shape index (κ1) is 7.84.